The summed E-state index contributed by atoms with van der Waals surface area (Å²) in [5.41, 5.74) is -0.248. The Hall–Kier alpha value is -0.370. The first-order chi connectivity index (χ1) is 6.86. The number of fused-ring (bicyclic) bond motifs is 1. The van der Waals surface area contributed by atoms with Crippen molar-refractivity contribution in [2.75, 3.05) is 0 Å². The molecule has 0 bridgehead atoms. The summed E-state index contributed by atoms with van der Waals surface area (Å²) in [6, 6.07) is 0. The summed E-state index contributed by atoms with van der Waals surface area (Å²) in [6.07, 6.45) is 4.17. The Morgan fingerprint density at radius 1 is 1.27 bits per heavy atom. The average Bonchev–Trinajstić information content (AvgIpc) is 2.11. The van der Waals surface area contributed by atoms with Crippen LogP contribution in [0.25, 0.3) is 0 Å². The Labute approximate surface area is 92.4 Å². The van der Waals surface area contributed by atoms with Crippen LogP contribution in [0, 0.1) is 11.3 Å². The third kappa shape index (κ3) is 1.63. The van der Waals surface area contributed by atoms with Crippen molar-refractivity contribution in [3.63, 3.8) is 0 Å². The minimum atomic E-state index is -0.501. The lowest BCUT2D eigenvalue weighted by molar-refractivity contribution is -0.196. The van der Waals surface area contributed by atoms with Gasteiger partial charge in [0.2, 0.25) is 0 Å². The van der Waals surface area contributed by atoms with Crippen LogP contribution in [0.4, 0.5) is 0 Å². The van der Waals surface area contributed by atoms with Crippen LogP contribution in [0.5, 0.6) is 0 Å². The Kier molecular flexibility index (Phi) is 2.45. The number of carbonyl (C=O) groups is 1. The number of carbonyl (C=O) groups excluding carboxylic acids is 1. The van der Waals surface area contributed by atoms with Crippen molar-refractivity contribution in [2.45, 2.75) is 65.1 Å². The lowest BCUT2D eigenvalue weighted by atomic mass is 9.58. The van der Waals surface area contributed by atoms with Gasteiger partial charge in [-0.3, -0.25) is 4.79 Å². The lowest BCUT2D eigenvalue weighted by Crippen LogP contribution is -2.58. The molecule has 1 aliphatic heterocycles. The van der Waals surface area contributed by atoms with E-state index in [1.807, 2.05) is 6.92 Å². The first kappa shape index (κ1) is 11.1. The van der Waals surface area contributed by atoms with Crippen LogP contribution in [0.15, 0.2) is 0 Å². The maximum Gasteiger partial charge on any atom is 0.164 e. The molecule has 0 aromatic rings. The van der Waals surface area contributed by atoms with E-state index in [0.29, 0.717) is 18.1 Å². The third-order valence-electron chi connectivity index (χ3n) is 4.47. The van der Waals surface area contributed by atoms with E-state index < -0.39 is 5.60 Å². The van der Waals surface area contributed by atoms with Crippen LogP contribution in [-0.4, -0.2) is 17.5 Å². The maximum atomic E-state index is 12.1. The highest BCUT2D eigenvalue weighted by atomic mass is 16.5. The molecule has 2 nitrogen and oxygen atoms in total. The molecule has 0 N–H and O–H groups in total. The van der Waals surface area contributed by atoms with Gasteiger partial charge in [-0.1, -0.05) is 13.8 Å². The van der Waals surface area contributed by atoms with Crippen molar-refractivity contribution in [1.29, 1.82) is 0 Å². The fourth-order valence-electron chi connectivity index (χ4n) is 3.49. The van der Waals surface area contributed by atoms with Gasteiger partial charge >= 0.3 is 0 Å². The van der Waals surface area contributed by atoms with E-state index in [1.165, 1.54) is 0 Å². The van der Waals surface area contributed by atoms with Crippen molar-refractivity contribution < 1.29 is 9.53 Å². The highest BCUT2D eigenvalue weighted by Gasteiger charge is 2.54. The van der Waals surface area contributed by atoms with E-state index in [4.69, 9.17) is 4.74 Å². The number of ether oxygens (including phenoxy) is 1. The Morgan fingerprint density at radius 3 is 2.60 bits per heavy atom. The smallest absolute Gasteiger partial charge is 0.164 e. The SMILES string of the molecule is CC1CCC2C(C)(C)CCC(=O)C2(C)O1. The van der Waals surface area contributed by atoms with Crippen LogP contribution < -0.4 is 0 Å². The highest BCUT2D eigenvalue weighted by Crippen LogP contribution is 2.51. The van der Waals surface area contributed by atoms with Gasteiger partial charge in [0.15, 0.2) is 5.78 Å². The maximum absolute atomic E-state index is 12.1. The zero-order valence-corrected chi connectivity index (χ0v) is 10.3. The highest BCUT2D eigenvalue weighted by molar-refractivity contribution is 5.88. The van der Waals surface area contributed by atoms with Gasteiger partial charge in [0.25, 0.3) is 0 Å². The number of hydrogen-bond acceptors (Lipinski definition) is 2. The van der Waals surface area contributed by atoms with Gasteiger partial charge in [0, 0.05) is 12.3 Å². The number of Topliss-reactive ketones (excluding diaryl/α,β-unsaturated/α-hetero) is 1. The number of rotatable bonds is 0. The minimum Gasteiger partial charge on any atom is -0.364 e. The topological polar surface area (TPSA) is 26.3 Å². The largest absolute Gasteiger partial charge is 0.364 e. The zero-order chi connectivity index (χ0) is 11.3. The molecule has 1 saturated heterocycles. The molecule has 2 rings (SSSR count). The van der Waals surface area contributed by atoms with Gasteiger partial charge in [-0.15, -0.1) is 0 Å². The first-order valence-electron chi connectivity index (χ1n) is 6.07. The van der Waals surface area contributed by atoms with Crippen LogP contribution in [-0.2, 0) is 9.53 Å². The summed E-state index contributed by atoms with van der Waals surface area (Å²) >= 11 is 0. The van der Waals surface area contributed by atoms with Crippen LogP contribution in [0.1, 0.15) is 53.4 Å². The van der Waals surface area contributed by atoms with E-state index in [2.05, 4.69) is 20.8 Å². The van der Waals surface area contributed by atoms with Gasteiger partial charge in [-0.05, 0) is 38.5 Å². The van der Waals surface area contributed by atoms with E-state index in [9.17, 15) is 4.79 Å². The predicted molar refractivity (Wildman–Crippen MR) is 59.7 cm³/mol. The molecule has 1 aliphatic carbocycles. The minimum absolute atomic E-state index is 0.240. The number of hydrogen-bond donors (Lipinski definition) is 0. The van der Waals surface area contributed by atoms with Crippen molar-refractivity contribution >= 4 is 5.78 Å². The molecule has 15 heavy (non-hydrogen) atoms. The van der Waals surface area contributed by atoms with Gasteiger partial charge in [0.05, 0.1) is 6.10 Å². The van der Waals surface area contributed by atoms with Crippen molar-refractivity contribution in [2.24, 2.45) is 11.3 Å². The van der Waals surface area contributed by atoms with E-state index in [1.54, 1.807) is 0 Å². The third-order valence-corrected chi connectivity index (χ3v) is 4.47. The molecule has 2 fully saturated rings. The fourth-order valence-corrected chi connectivity index (χ4v) is 3.49. The second-order valence-corrected chi connectivity index (χ2v) is 6.08. The van der Waals surface area contributed by atoms with Crippen molar-refractivity contribution in [3.05, 3.63) is 0 Å². The van der Waals surface area contributed by atoms with Crippen molar-refractivity contribution in [3.8, 4) is 0 Å². The monoisotopic (exact) mass is 210 g/mol. The summed E-state index contributed by atoms with van der Waals surface area (Å²) in [6.45, 7) is 8.65. The second kappa shape index (κ2) is 3.31. The Balaban J connectivity index is 2.32. The Morgan fingerprint density at radius 2 is 1.93 bits per heavy atom. The molecule has 0 amide bonds. The quantitative estimate of drug-likeness (QED) is 0.614. The summed E-state index contributed by atoms with van der Waals surface area (Å²) in [4.78, 5) is 12.1. The first-order valence-corrected chi connectivity index (χ1v) is 6.07. The van der Waals surface area contributed by atoms with Gasteiger partial charge in [-0.2, -0.15) is 0 Å². The van der Waals surface area contributed by atoms with E-state index in [0.717, 1.165) is 19.3 Å². The number of ketones is 1. The molecule has 2 aliphatic rings. The molecule has 0 aromatic heterocycles. The van der Waals surface area contributed by atoms with Gasteiger partial charge < -0.3 is 4.74 Å². The molecule has 1 saturated carbocycles. The molecule has 1 heterocycles. The molecule has 86 valence electrons. The Bertz CT molecular complexity index is 282. The summed E-state index contributed by atoms with van der Waals surface area (Å²) in [5.74, 6) is 0.723. The van der Waals surface area contributed by atoms with E-state index in [-0.39, 0.29) is 11.5 Å². The average molecular weight is 210 g/mol. The molecule has 3 atom stereocenters. The molecule has 3 unspecified atom stereocenters. The molecule has 0 spiro atoms. The standard InChI is InChI=1S/C13H22O2/c1-9-5-6-10-12(2,3)8-7-11(14)13(10,4)15-9/h9-10H,5-8H2,1-4H3. The normalized spacial score (nSPS) is 44.9. The summed E-state index contributed by atoms with van der Waals surface area (Å²) in [5, 5.41) is 0. The fraction of sp³-hybridized carbons (Fsp3) is 0.923. The predicted octanol–water partition coefficient (Wildman–Crippen LogP) is 2.95. The van der Waals surface area contributed by atoms with Gasteiger partial charge in [-0.25, -0.2) is 0 Å². The second-order valence-electron chi connectivity index (χ2n) is 6.08. The molecule has 0 radical (unpaired) electrons. The zero-order valence-electron chi connectivity index (χ0n) is 10.3. The van der Waals surface area contributed by atoms with E-state index >= 15 is 0 Å². The molecular weight excluding hydrogens is 188 g/mol. The molecule has 0 aromatic carbocycles. The van der Waals surface area contributed by atoms with Crippen molar-refractivity contribution in [1.82, 2.24) is 0 Å². The molecular formula is C13H22O2. The summed E-state index contributed by atoms with van der Waals surface area (Å²) < 4.78 is 5.98. The lowest BCUT2D eigenvalue weighted by Gasteiger charge is -2.53. The van der Waals surface area contributed by atoms with Gasteiger partial charge in [0.1, 0.15) is 5.60 Å². The molecule has 2 heteroatoms. The van der Waals surface area contributed by atoms with Crippen LogP contribution in [0.3, 0.4) is 0 Å². The summed E-state index contributed by atoms with van der Waals surface area (Å²) in [7, 11) is 0. The van der Waals surface area contributed by atoms with Crippen LogP contribution in [0.2, 0.25) is 0 Å². The van der Waals surface area contributed by atoms with Crippen LogP contribution >= 0.6 is 0 Å².